The highest BCUT2D eigenvalue weighted by molar-refractivity contribution is 5.77. The minimum atomic E-state index is -2.34. The molecule has 4 nitrogen and oxygen atoms in total. The molecule has 0 aromatic heterocycles. The number of unbranched alkanes of at least 4 members (excludes halogenated alkanes) is 1. The first-order chi connectivity index (χ1) is 12.6. The normalized spacial score (nSPS) is 11.0. The zero-order valence-corrected chi connectivity index (χ0v) is 15.1. The molecule has 152 valence electrons. The van der Waals surface area contributed by atoms with Crippen LogP contribution in [0.4, 0.5) is 22.0 Å². The second-order valence-corrected chi connectivity index (χ2v) is 6.47. The summed E-state index contributed by atoms with van der Waals surface area (Å²) >= 11 is 0. The van der Waals surface area contributed by atoms with Crippen molar-refractivity contribution in [2.75, 3.05) is 6.54 Å². The van der Waals surface area contributed by atoms with Crippen LogP contribution in [0.3, 0.4) is 0 Å². The number of halogens is 5. The average Bonchev–Trinajstić information content (AvgIpc) is 2.61. The van der Waals surface area contributed by atoms with Crippen molar-refractivity contribution in [3.63, 3.8) is 0 Å². The number of hydrogen-bond donors (Lipinski definition) is 1. The van der Waals surface area contributed by atoms with E-state index < -0.39 is 47.2 Å². The molecule has 0 aliphatic rings. The van der Waals surface area contributed by atoms with E-state index >= 15 is 0 Å². The first kappa shape index (κ1) is 22.9. The fraction of sp³-hybridized carbons (Fsp3) is 0.556. The number of esters is 1. The Hall–Kier alpha value is -2.19. The van der Waals surface area contributed by atoms with E-state index in [-0.39, 0.29) is 18.7 Å². The minimum Gasteiger partial charge on any atom is -0.420 e. The first-order valence-electron chi connectivity index (χ1n) is 8.64. The van der Waals surface area contributed by atoms with Crippen LogP contribution in [0.25, 0.3) is 0 Å². The number of rotatable bonds is 10. The molecule has 0 bridgehead atoms. The Balaban J connectivity index is 2.39. The first-order valence-corrected chi connectivity index (χ1v) is 8.64. The predicted octanol–water partition coefficient (Wildman–Crippen LogP) is 4.40. The highest BCUT2D eigenvalue weighted by Crippen LogP contribution is 2.29. The summed E-state index contributed by atoms with van der Waals surface area (Å²) in [5, 5.41) is 2.67. The number of nitrogens with one attached hydrogen (secondary N) is 1. The average molecular weight is 395 g/mol. The smallest absolute Gasteiger partial charge is 0.311 e. The SMILES string of the molecule is CC(C)CCCCNC(=O)CCCC(=O)Oc1c(F)c(F)c(F)c(F)c1F. The molecule has 0 spiro atoms. The van der Waals surface area contributed by atoms with Crippen LogP contribution in [-0.4, -0.2) is 18.4 Å². The van der Waals surface area contributed by atoms with Crippen LogP contribution >= 0.6 is 0 Å². The van der Waals surface area contributed by atoms with E-state index in [1.807, 2.05) is 0 Å². The monoisotopic (exact) mass is 395 g/mol. The van der Waals surface area contributed by atoms with Crippen molar-refractivity contribution < 1.29 is 36.3 Å². The summed E-state index contributed by atoms with van der Waals surface area (Å²) < 4.78 is 70.0. The molecule has 0 aliphatic carbocycles. The Labute approximate surface area is 154 Å². The van der Waals surface area contributed by atoms with Gasteiger partial charge in [0.05, 0.1) is 0 Å². The number of benzene rings is 1. The fourth-order valence-electron chi connectivity index (χ4n) is 2.23. The quantitative estimate of drug-likeness (QED) is 0.160. The zero-order chi connectivity index (χ0) is 20.6. The van der Waals surface area contributed by atoms with Gasteiger partial charge in [0, 0.05) is 19.4 Å². The largest absolute Gasteiger partial charge is 0.420 e. The van der Waals surface area contributed by atoms with Crippen molar-refractivity contribution >= 4 is 11.9 Å². The van der Waals surface area contributed by atoms with Crippen LogP contribution < -0.4 is 10.1 Å². The van der Waals surface area contributed by atoms with Crippen molar-refractivity contribution in [1.82, 2.24) is 5.32 Å². The van der Waals surface area contributed by atoms with Gasteiger partial charge in [0.25, 0.3) is 0 Å². The highest BCUT2D eigenvalue weighted by atomic mass is 19.2. The lowest BCUT2D eigenvalue weighted by Crippen LogP contribution is -2.24. The van der Waals surface area contributed by atoms with Crippen molar-refractivity contribution in [2.24, 2.45) is 5.92 Å². The van der Waals surface area contributed by atoms with Crippen LogP contribution in [0.15, 0.2) is 0 Å². The van der Waals surface area contributed by atoms with Crippen LogP contribution in [0.5, 0.6) is 5.75 Å². The van der Waals surface area contributed by atoms with Crippen molar-refractivity contribution in [3.8, 4) is 5.75 Å². The van der Waals surface area contributed by atoms with Crippen molar-refractivity contribution in [3.05, 3.63) is 29.1 Å². The second-order valence-electron chi connectivity index (χ2n) is 6.47. The molecule has 1 aromatic carbocycles. The molecule has 0 saturated carbocycles. The Morgan fingerprint density at radius 1 is 0.852 bits per heavy atom. The van der Waals surface area contributed by atoms with Gasteiger partial charge in [-0.05, 0) is 18.8 Å². The van der Waals surface area contributed by atoms with Gasteiger partial charge in [0.1, 0.15) is 0 Å². The summed E-state index contributed by atoms with van der Waals surface area (Å²) in [7, 11) is 0. The maximum atomic E-state index is 13.4. The van der Waals surface area contributed by atoms with Gasteiger partial charge >= 0.3 is 5.97 Å². The summed E-state index contributed by atoms with van der Waals surface area (Å²) in [4.78, 5) is 23.1. The number of hydrogen-bond acceptors (Lipinski definition) is 3. The molecule has 0 radical (unpaired) electrons. The van der Waals surface area contributed by atoms with E-state index in [0.29, 0.717) is 12.5 Å². The topological polar surface area (TPSA) is 55.4 Å². The van der Waals surface area contributed by atoms with E-state index in [0.717, 1.165) is 19.3 Å². The summed E-state index contributed by atoms with van der Waals surface area (Å²) in [6.45, 7) is 4.70. The molecular weight excluding hydrogens is 373 g/mol. The van der Waals surface area contributed by atoms with E-state index in [9.17, 15) is 31.5 Å². The summed E-state index contributed by atoms with van der Waals surface area (Å²) in [5.41, 5.74) is 0. The lowest BCUT2D eigenvalue weighted by Gasteiger charge is -2.09. The minimum absolute atomic E-state index is 0.00601. The van der Waals surface area contributed by atoms with Crippen LogP contribution in [0, 0.1) is 35.0 Å². The molecule has 1 aromatic rings. The van der Waals surface area contributed by atoms with E-state index in [1.165, 1.54) is 0 Å². The lowest BCUT2D eigenvalue weighted by molar-refractivity contribution is -0.135. The molecule has 9 heteroatoms. The zero-order valence-electron chi connectivity index (χ0n) is 15.1. The second kappa shape index (κ2) is 10.8. The molecule has 1 rings (SSSR count). The Morgan fingerprint density at radius 2 is 1.41 bits per heavy atom. The van der Waals surface area contributed by atoms with Crippen LogP contribution in [-0.2, 0) is 9.59 Å². The van der Waals surface area contributed by atoms with Gasteiger partial charge in [-0.2, -0.15) is 8.78 Å². The van der Waals surface area contributed by atoms with Gasteiger partial charge in [-0.25, -0.2) is 13.2 Å². The summed E-state index contributed by atoms with van der Waals surface area (Å²) in [6.07, 6.45) is 2.42. The molecule has 0 heterocycles. The van der Waals surface area contributed by atoms with Gasteiger partial charge in [-0.1, -0.05) is 26.7 Å². The molecular formula is C18H22F5NO3. The predicted molar refractivity (Wildman–Crippen MR) is 87.4 cm³/mol. The number of ether oxygens (including phenoxy) is 1. The number of carbonyl (C=O) groups is 2. The molecule has 27 heavy (non-hydrogen) atoms. The molecule has 0 fully saturated rings. The number of amides is 1. The van der Waals surface area contributed by atoms with Gasteiger partial charge in [-0.3, -0.25) is 9.59 Å². The maximum Gasteiger partial charge on any atom is 0.311 e. The third kappa shape index (κ3) is 7.15. The van der Waals surface area contributed by atoms with Gasteiger partial charge in [0.15, 0.2) is 0 Å². The van der Waals surface area contributed by atoms with E-state index in [4.69, 9.17) is 0 Å². The standard InChI is InChI=1S/C18H22F5NO3/c1-10(2)6-3-4-9-24-11(25)7-5-8-12(26)27-18-16(22)14(20)13(19)15(21)17(18)23/h10H,3-9H2,1-2H3,(H,24,25). The molecule has 0 saturated heterocycles. The molecule has 0 aliphatic heterocycles. The fourth-order valence-corrected chi connectivity index (χ4v) is 2.23. The van der Waals surface area contributed by atoms with Gasteiger partial charge in [0.2, 0.25) is 40.7 Å². The van der Waals surface area contributed by atoms with Crippen molar-refractivity contribution in [2.45, 2.75) is 52.4 Å². The van der Waals surface area contributed by atoms with Crippen LogP contribution in [0.2, 0.25) is 0 Å². The molecule has 0 atom stereocenters. The molecule has 0 unspecified atom stereocenters. The van der Waals surface area contributed by atoms with Crippen molar-refractivity contribution in [1.29, 1.82) is 0 Å². The number of carbonyl (C=O) groups excluding carboxylic acids is 2. The van der Waals surface area contributed by atoms with E-state index in [1.54, 1.807) is 0 Å². The third-order valence-electron chi connectivity index (χ3n) is 3.70. The summed E-state index contributed by atoms with van der Waals surface area (Å²) in [5.74, 6) is -13.8. The van der Waals surface area contributed by atoms with Gasteiger partial charge < -0.3 is 10.1 Å². The Bertz CT molecular complexity index is 650. The van der Waals surface area contributed by atoms with Gasteiger partial charge in [-0.15, -0.1) is 0 Å². The van der Waals surface area contributed by atoms with Crippen LogP contribution in [0.1, 0.15) is 52.4 Å². The molecule has 1 amide bonds. The highest BCUT2D eigenvalue weighted by Gasteiger charge is 2.28. The maximum absolute atomic E-state index is 13.4. The van der Waals surface area contributed by atoms with E-state index in [2.05, 4.69) is 23.9 Å². The Kier molecular flexibility index (Phi) is 9.17. The summed E-state index contributed by atoms with van der Waals surface area (Å²) in [6, 6.07) is 0. The Morgan fingerprint density at radius 3 is 1.96 bits per heavy atom. The lowest BCUT2D eigenvalue weighted by atomic mass is 10.1. The molecule has 1 N–H and O–H groups in total. The third-order valence-corrected chi connectivity index (χ3v) is 3.70.